The van der Waals surface area contributed by atoms with Crippen molar-refractivity contribution in [1.82, 2.24) is 4.98 Å². The summed E-state index contributed by atoms with van der Waals surface area (Å²) in [5.74, 6) is -1.07. The number of esters is 1. The van der Waals surface area contributed by atoms with Crippen molar-refractivity contribution in [2.24, 2.45) is 0 Å². The Kier molecular flexibility index (Phi) is 3.63. The van der Waals surface area contributed by atoms with Gasteiger partial charge in [0.1, 0.15) is 5.75 Å². The summed E-state index contributed by atoms with van der Waals surface area (Å²) < 4.78 is 9.44. The quantitative estimate of drug-likeness (QED) is 0.686. The van der Waals surface area contributed by atoms with Crippen molar-refractivity contribution < 1.29 is 14.3 Å². The van der Waals surface area contributed by atoms with Crippen molar-refractivity contribution in [3.05, 3.63) is 24.0 Å². The second-order valence-corrected chi connectivity index (χ2v) is 2.74. The van der Waals surface area contributed by atoms with Crippen LogP contribution < -0.4 is 4.74 Å². The molecule has 0 amide bonds. The average Bonchev–Trinajstić information content (AvgIpc) is 2.30. The zero-order valence-corrected chi connectivity index (χ0v) is 8.43. The third-order valence-corrected chi connectivity index (χ3v) is 1.87. The first-order chi connectivity index (χ1) is 7.22. The Morgan fingerprint density at radius 3 is 2.80 bits per heavy atom. The largest absolute Gasteiger partial charge is 0.495 e. The number of pyridine rings is 1. The van der Waals surface area contributed by atoms with Crippen LogP contribution in [0.3, 0.4) is 0 Å². The van der Waals surface area contributed by atoms with Gasteiger partial charge in [-0.05, 0) is 6.07 Å². The normalized spacial score (nSPS) is 11.3. The Morgan fingerprint density at radius 1 is 1.53 bits per heavy atom. The zero-order valence-electron chi connectivity index (χ0n) is 8.43. The van der Waals surface area contributed by atoms with Gasteiger partial charge in [-0.3, -0.25) is 9.78 Å². The van der Waals surface area contributed by atoms with E-state index in [1.54, 1.807) is 6.07 Å². The summed E-state index contributed by atoms with van der Waals surface area (Å²) in [4.78, 5) is 15.1. The first kappa shape index (κ1) is 11.0. The number of methoxy groups -OCH3 is 2. The molecule has 5 nitrogen and oxygen atoms in total. The van der Waals surface area contributed by atoms with E-state index in [1.165, 1.54) is 26.6 Å². The van der Waals surface area contributed by atoms with Crippen molar-refractivity contribution in [3.8, 4) is 11.8 Å². The maximum absolute atomic E-state index is 11.2. The molecule has 1 aromatic rings. The second kappa shape index (κ2) is 4.96. The van der Waals surface area contributed by atoms with E-state index in [9.17, 15) is 4.79 Å². The maximum Gasteiger partial charge on any atom is 0.327 e. The van der Waals surface area contributed by atoms with Gasteiger partial charge < -0.3 is 9.47 Å². The van der Waals surface area contributed by atoms with Gasteiger partial charge in [0.05, 0.1) is 26.5 Å². The minimum Gasteiger partial charge on any atom is -0.495 e. The number of hydrogen-bond donors (Lipinski definition) is 0. The lowest BCUT2D eigenvalue weighted by Gasteiger charge is -2.07. The van der Waals surface area contributed by atoms with E-state index in [4.69, 9.17) is 10.00 Å². The van der Waals surface area contributed by atoms with Crippen molar-refractivity contribution in [2.45, 2.75) is 5.92 Å². The third kappa shape index (κ3) is 2.44. The van der Waals surface area contributed by atoms with Crippen molar-refractivity contribution >= 4 is 5.97 Å². The van der Waals surface area contributed by atoms with E-state index < -0.39 is 11.9 Å². The zero-order chi connectivity index (χ0) is 11.3. The van der Waals surface area contributed by atoms with Gasteiger partial charge in [0, 0.05) is 11.8 Å². The molecule has 0 N–H and O–H groups in total. The van der Waals surface area contributed by atoms with Gasteiger partial charge in [0.25, 0.3) is 0 Å². The molecule has 5 heteroatoms. The van der Waals surface area contributed by atoms with Crippen LogP contribution in [0.1, 0.15) is 11.5 Å². The maximum atomic E-state index is 11.2. The van der Waals surface area contributed by atoms with Crippen LogP contribution in [0.4, 0.5) is 0 Å². The molecule has 0 aromatic carbocycles. The summed E-state index contributed by atoms with van der Waals surface area (Å²) in [6, 6.07) is 3.43. The first-order valence-corrected chi connectivity index (χ1v) is 4.19. The minimum atomic E-state index is -0.961. The summed E-state index contributed by atoms with van der Waals surface area (Å²) in [7, 11) is 2.72. The molecule has 1 aromatic heterocycles. The number of ether oxygens (including phenoxy) is 2. The predicted molar refractivity (Wildman–Crippen MR) is 51.2 cm³/mol. The Balaban J connectivity index is 3.03. The van der Waals surface area contributed by atoms with Gasteiger partial charge in [-0.25, -0.2) is 0 Å². The Labute approximate surface area is 87.3 Å². The Hall–Kier alpha value is -2.09. The first-order valence-electron chi connectivity index (χ1n) is 4.19. The van der Waals surface area contributed by atoms with Crippen LogP contribution in [-0.2, 0) is 9.53 Å². The number of rotatable bonds is 3. The number of aromatic nitrogens is 1. The molecule has 1 unspecified atom stereocenters. The molecular weight excluding hydrogens is 196 g/mol. The lowest BCUT2D eigenvalue weighted by Crippen LogP contribution is -2.12. The van der Waals surface area contributed by atoms with Gasteiger partial charge in [0.15, 0.2) is 5.92 Å². The van der Waals surface area contributed by atoms with Gasteiger partial charge in [0.2, 0.25) is 0 Å². The van der Waals surface area contributed by atoms with Crippen LogP contribution in [0.2, 0.25) is 0 Å². The summed E-state index contributed by atoms with van der Waals surface area (Å²) >= 11 is 0. The lowest BCUT2D eigenvalue weighted by molar-refractivity contribution is -0.141. The highest BCUT2D eigenvalue weighted by Crippen LogP contribution is 2.19. The number of nitrogens with zero attached hydrogens (tertiary/aromatic N) is 2. The van der Waals surface area contributed by atoms with E-state index in [0.717, 1.165) is 0 Å². The average molecular weight is 206 g/mol. The lowest BCUT2D eigenvalue weighted by atomic mass is 10.0. The molecule has 0 aliphatic carbocycles. The molecule has 0 bridgehead atoms. The summed E-state index contributed by atoms with van der Waals surface area (Å²) in [5, 5.41) is 8.83. The molecule has 0 saturated heterocycles. The van der Waals surface area contributed by atoms with Crippen LogP contribution in [0.5, 0.6) is 5.75 Å². The molecule has 0 fully saturated rings. The molecule has 0 aliphatic heterocycles. The van der Waals surface area contributed by atoms with Gasteiger partial charge in [-0.15, -0.1) is 0 Å². The smallest absolute Gasteiger partial charge is 0.327 e. The SMILES string of the molecule is COC(=O)C(C#N)c1cncc(OC)c1. The van der Waals surface area contributed by atoms with Crippen LogP contribution in [0.15, 0.2) is 18.5 Å². The topological polar surface area (TPSA) is 72.2 Å². The van der Waals surface area contributed by atoms with E-state index in [-0.39, 0.29) is 0 Å². The monoisotopic (exact) mass is 206 g/mol. The number of nitriles is 1. The van der Waals surface area contributed by atoms with Gasteiger partial charge >= 0.3 is 5.97 Å². The fraction of sp³-hybridized carbons (Fsp3) is 0.300. The molecule has 0 saturated carbocycles. The standard InChI is InChI=1S/C10H10N2O3/c1-14-8-3-7(5-12-6-8)9(4-11)10(13)15-2/h3,5-6,9H,1-2H3. The van der Waals surface area contributed by atoms with E-state index in [0.29, 0.717) is 11.3 Å². The predicted octanol–water partition coefficient (Wildman–Crippen LogP) is 0.870. The fourth-order valence-electron chi connectivity index (χ4n) is 1.09. The highest BCUT2D eigenvalue weighted by molar-refractivity contribution is 5.81. The molecule has 0 spiro atoms. The van der Waals surface area contributed by atoms with Gasteiger partial charge in [-0.1, -0.05) is 0 Å². The van der Waals surface area contributed by atoms with Crippen molar-refractivity contribution in [3.63, 3.8) is 0 Å². The molecule has 0 radical (unpaired) electrons. The highest BCUT2D eigenvalue weighted by atomic mass is 16.5. The van der Waals surface area contributed by atoms with Crippen LogP contribution in [-0.4, -0.2) is 25.2 Å². The molecule has 1 rings (SSSR count). The summed E-state index contributed by atoms with van der Waals surface area (Å²) in [6.45, 7) is 0. The molecule has 15 heavy (non-hydrogen) atoms. The van der Waals surface area contributed by atoms with E-state index >= 15 is 0 Å². The molecule has 0 aliphatic rings. The van der Waals surface area contributed by atoms with E-state index in [2.05, 4.69) is 9.72 Å². The van der Waals surface area contributed by atoms with Crippen LogP contribution in [0, 0.1) is 11.3 Å². The summed E-state index contributed by atoms with van der Waals surface area (Å²) in [5.41, 5.74) is 0.462. The van der Waals surface area contributed by atoms with Crippen LogP contribution >= 0.6 is 0 Å². The number of carbonyl (C=O) groups excluding carboxylic acids is 1. The minimum absolute atomic E-state index is 0.462. The van der Waals surface area contributed by atoms with Crippen LogP contribution in [0.25, 0.3) is 0 Å². The highest BCUT2D eigenvalue weighted by Gasteiger charge is 2.21. The summed E-state index contributed by atoms with van der Waals surface area (Å²) in [6.07, 6.45) is 2.93. The molecule has 1 atom stereocenters. The second-order valence-electron chi connectivity index (χ2n) is 2.74. The van der Waals surface area contributed by atoms with E-state index in [1.807, 2.05) is 6.07 Å². The molecule has 1 heterocycles. The van der Waals surface area contributed by atoms with Crippen molar-refractivity contribution in [1.29, 1.82) is 5.26 Å². The Morgan fingerprint density at radius 2 is 2.27 bits per heavy atom. The molecular formula is C10H10N2O3. The van der Waals surface area contributed by atoms with Crippen molar-refractivity contribution in [2.75, 3.05) is 14.2 Å². The number of carbonyl (C=O) groups is 1. The fourth-order valence-corrected chi connectivity index (χ4v) is 1.09. The van der Waals surface area contributed by atoms with Gasteiger partial charge in [-0.2, -0.15) is 5.26 Å². The third-order valence-electron chi connectivity index (χ3n) is 1.87. The molecule has 78 valence electrons. The Bertz CT molecular complexity index is 398. The number of hydrogen-bond acceptors (Lipinski definition) is 5.